The number of halogens is 1. The van der Waals surface area contributed by atoms with Crippen LogP contribution < -0.4 is 0 Å². The number of hydrogen-bond donors (Lipinski definition) is 0. The van der Waals surface area contributed by atoms with Crippen LogP contribution >= 0.6 is 11.6 Å². The van der Waals surface area contributed by atoms with Gasteiger partial charge in [0, 0.05) is 11.5 Å². The summed E-state index contributed by atoms with van der Waals surface area (Å²) in [5, 5.41) is 8.68. The molecule has 0 spiro atoms. The van der Waals surface area contributed by atoms with Crippen LogP contribution in [-0.4, -0.2) is 14.8 Å². The summed E-state index contributed by atoms with van der Waals surface area (Å²) in [4.78, 5) is 0. The standard InChI is InChI=1S/C13H22ClN3/c1-9-6-5-7-10(9)12-16-15-11(8-14)17(12)13(2,3)4/h9-10H,5-8H2,1-4H3. The number of alkyl halides is 1. The normalized spacial score (nSPS) is 25.5. The number of hydrogen-bond acceptors (Lipinski definition) is 2. The molecule has 0 saturated heterocycles. The van der Waals surface area contributed by atoms with Crippen molar-refractivity contribution in [1.29, 1.82) is 0 Å². The second-order valence-corrected chi connectivity index (χ2v) is 6.40. The summed E-state index contributed by atoms with van der Waals surface area (Å²) in [7, 11) is 0. The highest BCUT2D eigenvalue weighted by Gasteiger charge is 2.33. The molecule has 0 bridgehead atoms. The maximum Gasteiger partial charge on any atom is 0.148 e. The quantitative estimate of drug-likeness (QED) is 0.755. The molecule has 2 atom stereocenters. The molecule has 96 valence electrons. The third-order valence-corrected chi connectivity index (χ3v) is 3.98. The van der Waals surface area contributed by atoms with Gasteiger partial charge >= 0.3 is 0 Å². The molecule has 0 amide bonds. The average Bonchev–Trinajstić information content (AvgIpc) is 2.81. The van der Waals surface area contributed by atoms with Crippen molar-refractivity contribution in [3.05, 3.63) is 11.6 Å². The van der Waals surface area contributed by atoms with E-state index < -0.39 is 0 Å². The van der Waals surface area contributed by atoms with Crippen LogP contribution in [0.4, 0.5) is 0 Å². The minimum absolute atomic E-state index is 0.00532. The molecule has 1 heterocycles. The molecular weight excluding hydrogens is 234 g/mol. The Bertz CT molecular complexity index is 392. The highest BCUT2D eigenvalue weighted by molar-refractivity contribution is 6.16. The Morgan fingerprint density at radius 1 is 1.29 bits per heavy atom. The second kappa shape index (κ2) is 4.60. The van der Waals surface area contributed by atoms with Gasteiger partial charge in [-0.05, 0) is 39.5 Å². The molecule has 1 aromatic heterocycles. The van der Waals surface area contributed by atoms with Crippen molar-refractivity contribution < 1.29 is 0 Å². The Kier molecular flexibility index (Phi) is 3.48. The molecule has 17 heavy (non-hydrogen) atoms. The van der Waals surface area contributed by atoms with E-state index in [9.17, 15) is 0 Å². The van der Waals surface area contributed by atoms with Crippen LogP contribution in [-0.2, 0) is 11.4 Å². The molecule has 2 unspecified atom stereocenters. The van der Waals surface area contributed by atoms with Gasteiger partial charge in [0.25, 0.3) is 0 Å². The lowest BCUT2D eigenvalue weighted by Crippen LogP contribution is -2.27. The summed E-state index contributed by atoms with van der Waals surface area (Å²) in [5.74, 6) is 3.74. The van der Waals surface area contributed by atoms with Crippen molar-refractivity contribution in [2.75, 3.05) is 0 Å². The van der Waals surface area contributed by atoms with Gasteiger partial charge in [-0.2, -0.15) is 0 Å². The lowest BCUT2D eigenvalue weighted by molar-refractivity contribution is 0.351. The van der Waals surface area contributed by atoms with E-state index in [0.29, 0.717) is 17.7 Å². The molecule has 4 heteroatoms. The first-order chi connectivity index (χ1) is 7.95. The Morgan fingerprint density at radius 2 is 2.00 bits per heavy atom. The molecule has 1 fully saturated rings. The van der Waals surface area contributed by atoms with E-state index in [2.05, 4.69) is 42.5 Å². The molecule has 0 aromatic carbocycles. The first-order valence-electron chi connectivity index (χ1n) is 6.45. The zero-order chi connectivity index (χ0) is 12.6. The minimum atomic E-state index is 0.00532. The van der Waals surface area contributed by atoms with Gasteiger partial charge in [-0.25, -0.2) is 0 Å². The average molecular weight is 256 g/mol. The molecule has 1 aromatic rings. The molecule has 3 nitrogen and oxygen atoms in total. The van der Waals surface area contributed by atoms with E-state index >= 15 is 0 Å². The minimum Gasteiger partial charge on any atom is -0.308 e. The van der Waals surface area contributed by atoms with E-state index in [1.165, 1.54) is 19.3 Å². The monoisotopic (exact) mass is 255 g/mol. The highest BCUT2D eigenvalue weighted by Crippen LogP contribution is 2.40. The van der Waals surface area contributed by atoms with Crippen molar-refractivity contribution in [3.63, 3.8) is 0 Å². The topological polar surface area (TPSA) is 30.7 Å². The first kappa shape index (κ1) is 12.9. The molecule has 0 radical (unpaired) electrons. The molecular formula is C13H22ClN3. The maximum atomic E-state index is 5.97. The smallest absolute Gasteiger partial charge is 0.148 e. The first-order valence-corrected chi connectivity index (χ1v) is 6.99. The van der Waals surface area contributed by atoms with Crippen LogP contribution in [0, 0.1) is 5.92 Å². The number of aromatic nitrogens is 3. The van der Waals surface area contributed by atoms with Crippen LogP contribution in [0.2, 0.25) is 0 Å². The third-order valence-electron chi connectivity index (χ3n) is 3.74. The fraction of sp³-hybridized carbons (Fsp3) is 0.846. The van der Waals surface area contributed by atoms with Crippen molar-refractivity contribution in [2.45, 2.75) is 64.3 Å². The maximum absolute atomic E-state index is 5.97. The number of nitrogens with zero attached hydrogens (tertiary/aromatic N) is 3. The predicted molar refractivity (Wildman–Crippen MR) is 70.3 cm³/mol. The summed E-state index contributed by atoms with van der Waals surface area (Å²) in [6.07, 6.45) is 3.84. The van der Waals surface area contributed by atoms with Crippen LogP contribution in [0.1, 0.15) is 64.5 Å². The van der Waals surface area contributed by atoms with Gasteiger partial charge in [0.2, 0.25) is 0 Å². The van der Waals surface area contributed by atoms with E-state index in [0.717, 1.165) is 11.6 Å². The van der Waals surface area contributed by atoms with Crippen molar-refractivity contribution in [3.8, 4) is 0 Å². The van der Waals surface area contributed by atoms with Crippen LogP contribution in [0.3, 0.4) is 0 Å². The Hall–Kier alpha value is -0.570. The molecule has 1 saturated carbocycles. The zero-order valence-electron chi connectivity index (χ0n) is 11.2. The SMILES string of the molecule is CC1CCCC1c1nnc(CCl)n1C(C)(C)C. The summed E-state index contributed by atoms with van der Waals surface area (Å²) in [6, 6.07) is 0. The molecule has 1 aliphatic rings. The van der Waals surface area contributed by atoms with Crippen LogP contribution in [0.25, 0.3) is 0 Å². The summed E-state index contributed by atoms with van der Waals surface area (Å²) >= 11 is 5.97. The van der Waals surface area contributed by atoms with Gasteiger partial charge < -0.3 is 4.57 Å². The van der Waals surface area contributed by atoms with Gasteiger partial charge in [0.1, 0.15) is 11.6 Å². The molecule has 0 aliphatic heterocycles. The van der Waals surface area contributed by atoms with Crippen LogP contribution in [0.5, 0.6) is 0 Å². The van der Waals surface area contributed by atoms with E-state index in [4.69, 9.17) is 11.6 Å². The third kappa shape index (κ3) is 2.35. The number of rotatable bonds is 2. The lowest BCUT2D eigenvalue weighted by Gasteiger charge is -2.27. The summed E-state index contributed by atoms with van der Waals surface area (Å²) < 4.78 is 2.24. The van der Waals surface area contributed by atoms with Gasteiger partial charge in [0.15, 0.2) is 0 Å². The highest BCUT2D eigenvalue weighted by atomic mass is 35.5. The van der Waals surface area contributed by atoms with Crippen molar-refractivity contribution in [1.82, 2.24) is 14.8 Å². The molecule has 1 aliphatic carbocycles. The van der Waals surface area contributed by atoms with Gasteiger partial charge in [0.05, 0.1) is 5.88 Å². The van der Waals surface area contributed by atoms with E-state index in [1.54, 1.807) is 0 Å². The Balaban J connectivity index is 2.44. The zero-order valence-corrected chi connectivity index (χ0v) is 12.0. The van der Waals surface area contributed by atoms with Gasteiger partial charge in [-0.3, -0.25) is 0 Å². The fourth-order valence-electron chi connectivity index (χ4n) is 2.92. The van der Waals surface area contributed by atoms with Gasteiger partial charge in [-0.1, -0.05) is 13.3 Å². The largest absolute Gasteiger partial charge is 0.308 e. The Morgan fingerprint density at radius 3 is 2.47 bits per heavy atom. The molecule has 2 rings (SSSR count). The Labute approximate surface area is 109 Å². The lowest BCUT2D eigenvalue weighted by atomic mass is 9.96. The van der Waals surface area contributed by atoms with E-state index in [1.807, 2.05) is 0 Å². The van der Waals surface area contributed by atoms with Crippen molar-refractivity contribution in [2.24, 2.45) is 5.92 Å². The van der Waals surface area contributed by atoms with Crippen molar-refractivity contribution >= 4 is 11.6 Å². The van der Waals surface area contributed by atoms with Crippen LogP contribution in [0.15, 0.2) is 0 Å². The van der Waals surface area contributed by atoms with E-state index in [-0.39, 0.29) is 5.54 Å². The predicted octanol–water partition coefficient (Wildman–Crippen LogP) is 3.68. The summed E-state index contributed by atoms with van der Waals surface area (Å²) in [6.45, 7) is 8.89. The fourth-order valence-corrected chi connectivity index (χ4v) is 3.09. The molecule has 0 N–H and O–H groups in total. The second-order valence-electron chi connectivity index (χ2n) is 6.13. The van der Waals surface area contributed by atoms with Gasteiger partial charge in [-0.15, -0.1) is 21.8 Å². The summed E-state index contributed by atoms with van der Waals surface area (Å²) in [5.41, 5.74) is 0.00532.